The molecule has 0 radical (unpaired) electrons. The zero-order valence-corrected chi connectivity index (χ0v) is 28.2. The molecule has 0 bridgehead atoms. The van der Waals surface area contributed by atoms with Crippen molar-refractivity contribution in [3.63, 3.8) is 0 Å². The average Bonchev–Trinajstić information content (AvgIpc) is 3.31. The predicted octanol–water partition coefficient (Wildman–Crippen LogP) is 11.4. The highest BCUT2D eigenvalue weighted by Gasteiger charge is 2.57. The number of hydrogen-bond donors (Lipinski definition) is 0. The normalized spacial score (nSPS) is 17.1. The molecule has 2 aliphatic heterocycles. The van der Waals surface area contributed by atoms with E-state index >= 15 is 0 Å². The Morgan fingerprint density at radius 2 is 1.04 bits per heavy atom. The van der Waals surface area contributed by atoms with Gasteiger partial charge in [-0.3, -0.25) is 0 Å². The summed E-state index contributed by atoms with van der Waals surface area (Å²) in [5.41, 5.74) is 12.2. The van der Waals surface area contributed by atoms with E-state index in [0.717, 1.165) is 22.4 Å². The van der Waals surface area contributed by atoms with Crippen LogP contribution in [0.3, 0.4) is 0 Å². The Kier molecular flexibility index (Phi) is 7.65. The Labute approximate surface area is 290 Å². The lowest BCUT2D eigenvalue weighted by Gasteiger charge is -2.45. The second-order valence-corrected chi connectivity index (χ2v) is 13.4. The van der Waals surface area contributed by atoms with Gasteiger partial charge in [-0.1, -0.05) is 158 Å². The molecule has 0 aromatic heterocycles. The Bertz CT molecular complexity index is 2170. The maximum atomic E-state index is 6.96. The van der Waals surface area contributed by atoms with Crippen molar-refractivity contribution in [3.05, 3.63) is 208 Å². The monoisotopic (exact) mass is 633 g/mol. The second kappa shape index (κ2) is 12.3. The van der Waals surface area contributed by atoms with Gasteiger partial charge in [0.2, 0.25) is 5.72 Å². The van der Waals surface area contributed by atoms with Gasteiger partial charge >= 0.3 is 0 Å². The lowest BCUT2D eigenvalue weighted by Crippen LogP contribution is -2.58. The van der Waals surface area contributed by atoms with Crippen LogP contribution in [0.25, 0.3) is 29.4 Å². The summed E-state index contributed by atoms with van der Waals surface area (Å²) >= 11 is 0. The first-order valence-corrected chi connectivity index (χ1v) is 17.0. The van der Waals surface area contributed by atoms with Gasteiger partial charge in [-0.2, -0.15) is 0 Å². The maximum absolute atomic E-state index is 6.96. The van der Waals surface area contributed by atoms with Crippen molar-refractivity contribution in [1.82, 2.24) is 0 Å². The summed E-state index contributed by atoms with van der Waals surface area (Å²) in [6.07, 6.45) is 8.80. The van der Waals surface area contributed by atoms with E-state index in [2.05, 4.69) is 208 Å². The molecule has 1 atom stereocenters. The Morgan fingerprint density at radius 1 is 0.551 bits per heavy atom. The topological polar surface area (TPSA) is 12.5 Å². The number of hydrogen-bond acceptors (Lipinski definition) is 2. The van der Waals surface area contributed by atoms with Crippen molar-refractivity contribution in [2.24, 2.45) is 0 Å². The molecule has 6 aromatic carbocycles. The molecule has 8 rings (SSSR count). The quantitative estimate of drug-likeness (QED) is 0.169. The molecule has 0 saturated heterocycles. The van der Waals surface area contributed by atoms with Crippen LogP contribution in [0.1, 0.15) is 58.4 Å². The Hall–Kier alpha value is -5.86. The van der Waals surface area contributed by atoms with Gasteiger partial charge in [0.1, 0.15) is 5.75 Å². The van der Waals surface area contributed by atoms with E-state index in [1.165, 1.54) is 44.7 Å². The minimum atomic E-state index is -0.593. The number of ether oxygens (including phenoxy) is 1. The third kappa shape index (κ3) is 5.30. The largest absolute Gasteiger partial charge is 0.463 e. The first-order valence-electron chi connectivity index (χ1n) is 17.0. The third-order valence-corrected chi connectivity index (χ3v) is 10.2. The van der Waals surface area contributed by atoms with Crippen LogP contribution >= 0.6 is 0 Å². The van der Waals surface area contributed by atoms with Crippen LogP contribution in [0.15, 0.2) is 164 Å². The SMILES string of the molecule is CN1c2ccccc2C(C)(C)C12C=Cc1ccc(/C=C\c3ccc(C(=C(c4ccccc4)c4ccccc4)c4ccccc4)cc3)cc1O2. The predicted molar refractivity (Wildman–Crippen MR) is 206 cm³/mol. The van der Waals surface area contributed by atoms with Gasteiger partial charge in [0.15, 0.2) is 0 Å². The lowest BCUT2D eigenvalue weighted by atomic mass is 9.76. The molecular weight excluding hydrogens is 595 g/mol. The van der Waals surface area contributed by atoms with E-state index in [0.29, 0.717) is 0 Å². The smallest absolute Gasteiger partial charge is 0.211 e. The number of benzene rings is 6. The first-order chi connectivity index (χ1) is 23.9. The molecule has 0 aliphatic carbocycles. The van der Waals surface area contributed by atoms with E-state index in [9.17, 15) is 0 Å². The first kappa shape index (κ1) is 30.5. The molecule has 2 heteroatoms. The molecule has 2 nitrogen and oxygen atoms in total. The van der Waals surface area contributed by atoms with Gasteiger partial charge in [0, 0.05) is 18.3 Å². The van der Waals surface area contributed by atoms with Gasteiger partial charge in [-0.05, 0) is 88.2 Å². The molecular formula is C47H39NO. The minimum absolute atomic E-state index is 0.228. The van der Waals surface area contributed by atoms with Crippen LogP contribution in [-0.2, 0) is 5.41 Å². The summed E-state index contributed by atoms with van der Waals surface area (Å²) in [7, 11) is 2.14. The Balaban J connectivity index is 1.12. The molecule has 6 aromatic rings. The lowest BCUT2D eigenvalue weighted by molar-refractivity contribution is 0.0581. The highest BCUT2D eigenvalue weighted by Crippen LogP contribution is 2.54. The van der Waals surface area contributed by atoms with Crippen molar-refractivity contribution in [2.75, 3.05) is 11.9 Å². The number of para-hydroxylation sites is 1. The standard InChI is InChI=1S/C47H39NO/c1-46(2)41-21-13-14-22-42(41)48(3)47(46)32-31-36-28-27-35(33-43(36)49-47)24-23-34-25-29-40(30-26-34)45(39-19-11-6-12-20-39)44(37-15-7-4-8-16-37)38-17-9-5-10-18-38/h4-33H,1-3H3/b24-23-. The van der Waals surface area contributed by atoms with E-state index in [-0.39, 0.29) is 5.41 Å². The highest BCUT2D eigenvalue weighted by molar-refractivity contribution is 6.04. The average molecular weight is 634 g/mol. The van der Waals surface area contributed by atoms with Gasteiger partial charge in [-0.15, -0.1) is 0 Å². The van der Waals surface area contributed by atoms with Gasteiger partial charge in [0.05, 0.1) is 5.41 Å². The number of rotatable bonds is 6. The van der Waals surface area contributed by atoms with Crippen LogP contribution < -0.4 is 9.64 Å². The molecule has 0 saturated carbocycles. The van der Waals surface area contributed by atoms with E-state index in [1.54, 1.807) is 0 Å². The fourth-order valence-corrected chi connectivity index (χ4v) is 7.57. The number of nitrogens with zero attached hydrogens (tertiary/aromatic N) is 1. The highest BCUT2D eigenvalue weighted by atomic mass is 16.5. The van der Waals surface area contributed by atoms with E-state index in [4.69, 9.17) is 4.74 Å². The van der Waals surface area contributed by atoms with Crippen molar-refractivity contribution < 1.29 is 4.74 Å². The van der Waals surface area contributed by atoms with Crippen LogP contribution in [0.2, 0.25) is 0 Å². The minimum Gasteiger partial charge on any atom is -0.463 e. The van der Waals surface area contributed by atoms with E-state index < -0.39 is 5.72 Å². The van der Waals surface area contributed by atoms with Crippen molar-refractivity contribution in [2.45, 2.75) is 25.0 Å². The fraction of sp³-hybridized carbons (Fsp3) is 0.106. The summed E-state index contributed by atoms with van der Waals surface area (Å²) in [6.45, 7) is 4.55. The molecule has 0 amide bonds. The zero-order chi connectivity index (χ0) is 33.4. The summed E-state index contributed by atoms with van der Waals surface area (Å²) < 4.78 is 6.96. The van der Waals surface area contributed by atoms with Gasteiger partial charge in [-0.25, -0.2) is 0 Å². The molecule has 49 heavy (non-hydrogen) atoms. The van der Waals surface area contributed by atoms with Gasteiger partial charge < -0.3 is 9.64 Å². The second-order valence-electron chi connectivity index (χ2n) is 13.4. The molecule has 2 aliphatic rings. The molecule has 1 unspecified atom stereocenters. The fourth-order valence-electron chi connectivity index (χ4n) is 7.57. The van der Waals surface area contributed by atoms with Crippen molar-refractivity contribution in [3.8, 4) is 5.75 Å². The molecule has 2 heterocycles. The molecule has 0 fully saturated rings. The number of likely N-dealkylation sites (N-methyl/N-ethyl adjacent to an activating group) is 1. The summed E-state index contributed by atoms with van der Waals surface area (Å²) in [5.74, 6) is 0.903. The van der Waals surface area contributed by atoms with E-state index in [1.807, 2.05) is 0 Å². The van der Waals surface area contributed by atoms with Crippen LogP contribution in [-0.4, -0.2) is 12.8 Å². The Morgan fingerprint density at radius 3 is 1.61 bits per heavy atom. The summed E-state index contributed by atoms with van der Waals surface area (Å²) in [6, 6.07) is 56.1. The summed E-state index contributed by atoms with van der Waals surface area (Å²) in [5, 5.41) is 0. The third-order valence-electron chi connectivity index (χ3n) is 10.2. The van der Waals surface area contributed by atoms with Crippen LogP contribution in [0.5, 0.6) is 5.75 Å². The molecule has 238 valence electrons. The van der Waals surface area contributed by atoms with Crippen LogP contribution in [0.4, 0.5) is 5.69 Å². The van der Waals surface area contributed by atoms with Crippen molar-refractivity contribution >= 4 is 35.1 Å². The van der Waals surface area contributed by atoms with Crippen LogP contribution in [0, 0.1) is 0 Å². The summed E-state index contributed by atoms with van der Waals surface area (Å²) in [4.78, 5) is 2.28. The van der Waals surface area contributed by atoms with Gasteiger partial charge in [0.25, 0.3) is 0 Å². The number of fused-ring (bicyclic) bond motifs is 2. The molecule has 1 spiro atoms. The number of anilines is 1. The zero-order valence-electron chi connectivity index (χ0n) is 28.2. The molecule has 0 N–H and O–H groups in total. The maximum Gasteiger partial charge on any atom is 0.211 e. The van der Waals surface area contributed by atoms with Crippen molar-refractivity contribution in [1.29, 1.82) is 0 Å².